The SMILES string of the molecule is CCOc1ccc(-n2c(=O)c3sccc3n(CC(=O)Nc3ccc(F)cc3)c2=O)cc1. The summed E-state index contributed by atoms with van der Waals surface area (Å²) in [4.78, 5) is 38.8. The molecule has 2 aromatic carbocycles. The fraction of sp³-hybridized carbons (Fsp3) is 0.136. The highest BCUT2D eigenvalue weighted by atomic mass is 32.1. The number of nitrogens with one attached hydrogen (secondary N) is 1. The third kappa shape index (κ3) is 4.13. The molecule has 0 spiro atoms. The molecule has 0 unspecified atom stereocenters. The quantitative estimate of drug-likeness (QED) is 0.499. The maximum absolute atomic E-state index is 13.2. The summed E-state index contributed by atoms with van der Waals surface area (Å²) in [6.45, 7) is 2.05. The fourth-order valence-electron chi connectivity index (χ4n) is 3.20. The summed E-state index contributed by atoms with van der Waals surface area (Å²) in [5.74, 6) is -0.273. The summed E-state index contributed by atoms with van der Waals surface area (Å²) in [6.07, 6.45) is 0. The number of anilines is 1. The molecule has 4 aromatic rings. The van der Waals surface area contributed by atoms with Gasteiger partial charge in [-0.05, 0) is 66.9 Å². The third-order valence-electron chi connectivity index (χ3n) is 4.59. The molecule has 9 heteroatoms. The zero-order valence-electron chi connectivity index (χ0n) is 16.5. The summed E-state index contributed by atoms with van der Waals surface area (Å²) in [5, 5.41) is 4.33. The van der Waals surface area contributed by atoms with Crippen molar-refractivity contribution >= 4 is 33.1 Å². The predicted molar refractivity (Wildman–Crippen MR) is 118 cm³/mol. The molecule has 1 N–H and O–H groups in total. The lowest BCUT2D eigenvalue weighted by atomic mass is 10.3. The van der Waals surface area contributed by atoms with Crippen LogP contribution < -0.4 is 21.3 Å². The normalized spacial score (nSPS) is 10.9. The molecule has 4 rings (SSSR count). The van der Waals surface area contributed by atoms with E-state index in [1.165, 1.54) is 40.2 Å². The van der Waals surface area contributed by atoms with Crippen molar-refractivity contribution in [3.8, 4) is 11.4 Å². The number of carbonyl (C=O) groups is 1. The van der Waals surface area contributed by atoms with Gasteiger partial charge in [-0.3, -0.25) is 14.2 Å². The van der Waals surface area contributed by atoms with E-state index in [0.717, 1.165) is 4.57 Å². The van der Waals surface area contributed by atoms with E-state index in [-0.39, 0.29) is 6.54 Å². The number of rotatable bonds is 6. The first-order chi connectivity index (χ1) is 15.0. The van der Waals surface area contributed by atoms with Crippen molar-refractivity contribution < 1.29 is 13.9 Å². The first kappa shape index (κ1) is 20.5. The maximum Gasteiger partial charge on any atom is 0.336 e. The summed E-state index contributed by atoms with van der Waals surface area (Å²) in [5.41, 5.74) is 0.0856. The van der Waals surface area contributed by atoms with Crippen molar-refractivity contribution in [3.63, 3.8) is 0 Å². The molecule has 0 radical (unpaired) electrons. The van der Waals surface area contributed by atoms with Crippen LogP contribution >= 0.6 is 11.3 Å². The lowest BCUT2D eigenvalue weighted by Crippen LogP contribution is -2.40. The summed E-state index contributed by atoms with van der Waals surface area (Å²) in [6, 6.07) is 13.5. The van der Waals surface area contributed by atoms with E-state index in [2.05, 4.69) is 5.32 Å². The average Bonchev–Trinajstić information content (AvgIpc) is 3.25. The summed E-state index contributed by atoms with van der Waals surface area (Å²) < 4.78 is 21.1. The van der Waals surface area contributed by atoms with Crippen molar-refractivity contribution in [1.29, 1.82) is 0 Å². The molecule has 0 fully saturated rings. The Morgan fingerprint density at radius 2 is 1.77 bits per heavy atom. The molecule has 0 aliphatic rings. The Hall–Kier alpha value is -3.72. The molecule has 2 aromatic heterocycles. The minimum atomic E-state index is -0.630. The number of nitrogens with zero attached hydrogens (tertiary/aromatic N) is 2. The van der Waals surface area contributed by atoms with E-state index in [9.17, 15) is 18.8 Å². The topological polar surface area (TPSA) is 82.3 Å². The molecule has 0 atom stereocenters. The van der Waals surface area contributed by atoms with E-state index in [4.69, 9.17) is 4.74 Å². The summed E-state index contributed by atoms with van der Waals surface area (Å²) in [7, 11) is 0. The van der Waals surface area contributed by atoms with Crippen LogP contribution in [0.1, 0.15) is 6.92 Å². The summed E-state index contributed by atoms with van der Waals surface area (Å²) >= 11 is 1.20. The van der Waals surface area contributed by atoms with Gasteiger partial charge in [0.1, 0.15) is 22.8 Å². The predicted octanol–water partition coefficient (Wildman–Crippen LogP) is 3.39. The number of ether oxygens (including phenoxy) is 1. The monoisotopic (exact) mass is 439 g/mol. The number of hydrogen-bond acceptors (Lipinski definition) is 5. The Morgan fingerprint density at radius 1 is 1.06 bits per heavy atom. The highest BCUT2D eigenvalue weighted by Crippen LogP contribution is 2.18. The molecule has 1 amide bonds. The largest absolute Gasteiger partial charge is 0.494 e. The van der Waals surface area contributed by atoms with E-state index in [0.29, 0.717) is 33.9 Å². The van der Waals surface area contributed by atoms with E-state index in [1.54, 1.807) is 35.7 Å². The van der Waals surface area contributed by atoms with Gasteiger partial charge in [-0.1, -0.05) is 0 Å². The number of aromatic nitrogens is 2. The fourth-order valence-corrected chi connectivity index (χ4v) is 4.03. The molecule has 31 heavy (non-hydrogen) atoms. The van der Waals surface area contributed by atoms with E-state index in [1.807, 2.05) is 6.92 Å². The molecule has 7 nitrogen and oxygen atoms in total. The van der Waals surface area contributed by atoms with Gasteiger partial charge in [0.05, 0.1) is 17.8 Å². The minimum Gasteiger partial charge on any atom is -0.494 e. The van der Waals surface area contributed by atoms with Gasteiger partial charge >= 0.3 is 5.69 Å². The second-order valence-electron chi connectivity index (χ2n) is 6.63. The Labute approximate surface area is 180 Å². The molecule has 0 saturated carbocycles. The highest BCUT2D eigenvalue weighted by molar-refractivity contribution is 7.17. The molecule has 158 valence electrons. The van der Waals surface area contributed by atoms with Gasteiger partial charge in [0.2, 0.25) is 5.91 Å². The van der Waals surface area contributed by atoms with Gasteiger partial charge in [-0.15, -0.1) is 11.3 Å². The number of halogens is 1. The standard InChI is InChI=1S/C22H18FN3O4S/c1-2-30-17-9-7-16(8-10-17)26-21(28)20-18(11-12-31-20)25(22(26)29)13-19(27)24-15-5-3-14(23)4-6-15/h3-12H,2,13H2,1H3,(H,24,27). The van der Waals surface area contributed by atoms with Crippen LogP contribution in [-0.4, -0.2) is 21.6 Å². The van der Waals surface area contributed by atoms with E-state index >= 15 is 0 Å². The first-order valence-corrected chi connectivity index (χ1v) is 10.4. The van der Waals surface area contributed by atoms with Crippen molar-refractivity contribution in [2.24, 2.45) is 0 Å². The zero-order chi connectivity index (χ0) is 22.0. The third-order valence-corrected chi connectivity index (χ3v) is 5.48. The Kier molecular flexibility index (Phi) is 5.68. The van der Waals surface area contributed by atoms with Gasteiger partial charge in [-0.25, -0.2) is 13.8 Å². The highest BCUT2D eigenvalue weighted by Gasteiger charge is 2.17. The van der Waals surface area contributed by atoms with Crippen molar-refractivity contribution in [2.75, 3.05) is 11.9 Å². The van der Waals surface area contributed by atoms with Gasteiger partial charge in [0.25, 0.3) is 5.56 Å². The number of carbonyl (C=O) groups excluding carboxylic acids is 1. The van der Waals surface area contributed by atoms with Crippen LogP contribution in [0.2, 0.25) is 0 Å². The van der Waals surface area contributed by atoms with Gasteiger partial charge in [0, 0.05) is 5.69 Å². The minimum absolute atomic E-state index is 0.305. The first-order valence-electron chi connectivity index (χ1n) is 9.49. The maximum atomic E-state index is 13.2. The number of thiophene rings is 1. The van der Waals surface area contributed by atoms with Crippen LogP contribution in [0.15, 0.2) is 69.6 Å². The molecular formula is C22H18FN3O4S. The molecule has 0 bridgehead atoms. The Bertz CT molecular complexity index is 1360. The Morgan fingerprint density at radius 3 is 2.45 bits per heavy atom. The average molecular weight is 439 g/mol. The molecular weight excluding hydrogens is 421 g/mol. The second kappa shape index (κ2) is 8.57. The Balaban J connectivity index is 1.74. The van der Waals surface area contributed by atoms with Gasteiger partial charge in [0.15, 0.2) is 0 Å². The second-order valence-corrected chi connectivity index (χ2v) is 7.54. The lowest BCUT2D eigenvalue weighted by Gasteiger charge is -2.13. The van der Waals surface area contributed by atoms with Crippen molar-refractivity contribution in [3.05, 3.63) is 86.6 Å². The lowest BCUT2D eigenvalue weighted by molar-refractivity contribution is -0.116. The number of amides is 1. The van der Waals surface area contributed by atoms with E-state index < -0.39 is 23.0 Å². The zero-order valence-corrected chi connectivity index (χ0v) is 17.3. The van der Waals surface area contributed by atoms with Gasteiger partial charge < -0.3 is 10.1 Å². The number of fused-ring (bicyclic) bond motifs is 1. The number of hydrogen-bond donors (Lipinski definition) is 1. The van der Waals surface area contributed by atoms with Crippen molar-refractivity contribution in [1.82, 2.24) is 9.13 Å². The van der Waals surface area contributed by atoms with Crippen LogP contribution in [0.3, 0.4) is 0 Å². The van der Waals surface area contributed by atoms with Crippen LogP contribution in [0.25, 0.3) is 15.9 Å². The molecule has 2 heterocycles. The number of benzene rings is 2. The van der Waals surface area contributed by atoms with Gasteiger partial charge in [-0.2, -0.15) is 0 Å². The molecule has 0 saturated heterocycles. The van der Waals surface area contributed by atoms with Crippen molar-refractivity contribution in [2.45, 2.75) is 13.5 Å². The smallest absolute Gasteiger partial charge is 0.336 e. The van der Waals surface area contributed by atoms with Crippen LogP contribution in [0.4, 0.5) is 10.1 Å². The van der Waals surface area contributed by atoms with Crippen LogP contribution in [0, 0.1) is 5.82 Å². The van der Waals surface area contributed by atoms with Crippen LogP contribution in [0.5, 0.6) is 5.75 Å². The molecule has 0 aliphatic carbocycles. The van der Waals surface area contributed by atoms with Crippen LogP contribution in [-0.2, 0) is 11.3 Å². The molecule has 0 aliphatic heterocycles.